The van der Waals surface area contributed by atoms with Crippen LogP contribution < -0.4 is 11.1 Å². The standard InChI is InChI=1S/C15H13N3O.ClH/c1-9(19)17-13-4-2-10-6-11-7-12(16)3-5-14(11)18-15(10)8-13;/h2-8H,16H2,1H3,(H,17,19);1H. The van der Waals surface area contributed by atoms with Crippen molar-refractivity contribution in [2.24, 2.45) is 0 Å². The summed E-state index contributed by atoms with van der Waals surface area (Å²) in [7, 11) is 0. The number of amides is 1. The Kier molecular flexibility index (Phi) is 3.77. The Balaban J connectivity index is 0.00000147. The molecule has 20 heavy (non-hydrogen) atoms. The van der Waals surface area contributed by atoms with Gasteiger partial charge in [-0.1, -0.05) is 6.07 Å². The molecule has 0 fully saturated rings. The molecule has 0 spiro atoms. The molecule has 3 N–H and O–H groups in total. The van der Waals surface area contributed by atoms with Gasteiger partial charge < -0.3 is 11.1 Å². The fraction of sp³-hybridized carbons (Fsp3) is 0.0667. The van der Waals surface area contributed by atoms with Crippen LogP contribution in [-0.2, 0) is 4.79 Å². The Labute approximate surface area is 122 Å². The van der Waals surface area contributed by atoms with Gasteiger partial charge in [-0.05, 0) is 36.4 Å². The lowest BCUT2D eigenvalue weighted by molar-refractivity contribution is -0.114. The molecule has 1 aromatic heterocycles. The second-order valence-electron chi connectivity index (χ2n) is 4.53. The quantitative estimate of drug-likeness (QED) is 0.533. The van der Waals surface area contributed by atoms with Crippen LogP contribution in [0.1, 0.15) is 6.92 Å². The van der Waals surface area contributed by atoms with E-state index in [1.807, 2.05) is 42.5 Å². The normalized spacial score (nSPS) is 10.2. The zero-order valence-electron chi connectivity index (χ0n) is 10.9. The van der Waals surface area contributed by atoms with E-state index in [1.165, 1.54) is 6.92 Å². The number of halogens is 1. The maximum absolute atomic E-state index is 11.1. The average Bonchev–Trinajstić information content (AvgIpc) is 2.35. The fourth-order valence-electron chi connectivity index (χ4n) is 2.13. The van der Waals surface area contributed by atoms with Crippen LogP contribution in [0.3, 0.4) is 0 Å². The van der Waals surface area contributed by atoms with Crippen molar-refractivity contribution in [2.75, 3.05) is 11.1 Å². The molecule has 0 unspecified atom stereocenters. The second-order valence-corrected chi connectivity index (χ2v) is 4.53. The van der Waals surface area contributed by atoms with Crippen LogP contribution in [0.25, 0.3) is 21.8 Å². The summed E-state index contributed by atoms with van der Waals surface area (Å²) in [4.78, 5) is 15.6. The van der Waals surface area contributed by atoms with Crippen LogP contribution >= 0.6 is 12.4 Å². The fourth-order valence-corrected chi connectivity index (χ4v) is 2.13. The number of carbonyl (C=O) groups is 1. The molecule has 4 nitrogen and oxygen atoms in total. The van der Waals surface area contributed by atoms with Crippen molar-refractivity contribution in [3.63, 3.8) is 0 Å². The molecule has 102 valence electrons. The number of rotatable bonds is 1. The van der Waals surface area contributed by atoms with Gasteiger partial charge >= 0.3 is 0 Å². The Morgan fingerprint density at radius 2 is 1.85 bits per heavy atom. The van der Waals surface area contributed by atoms with Gasteiger partial charge in [-0.2, -0.15) is 0 Å². The van der Waals surface area contributed by atoms with Crippen LogP contribution in [0.4, 0.5) is 11.4 Å². The third kappa shape index (κ3) is 2.65. The molecule has 2 aromatic carbocycles. The Bertz CT molecular complexity index is 802. The number of nitrogens with one attached hydrogen (secondary N) is 1. The smallest absolute Gasteiger partial charge is 0.221 e. The largest absolute Gasteiger partial charge is 0.399 e. The number of anilines is 2. The molecule has 0 atom stereocenters. The van der Waals surface area contributed by atoms with Crippen molar-refractivity contribution in [3.05, 3.63) is 42.5 Å². The molecule has 0 saturated carbocycles. The second kappa shape index (κ2) is 5.35. The molecule has 3 rings (SSSR count). The zero-order chi connectivity index (χ0) is 13.4. The van der Waals surface area contributed by atoms with E-state index in [0.717, 1.165) is 33.2 Å². The third-order valence-corrected chi connectivity index (χ3v) is 2.95. The summed E-state index contributed by atoms with van der Waals surface area (Å²) in [5.41, 5.74) is 8.99. The molecule has 0 saturated heterocycles. The van der Waals surface area contributed by atoms with E-state index < -0.39 is 0 Å². The van der Waals surface area contributed by atoms with Gasteiger partial charge in [0.2, 0.25) is 5.91 Å². The van der Waals surface area contributed by atoms with Crippen LogP contribution in [-0.4, -0.2) is 10.9 Å². The molecule has 1 heterocycles. The van der Waals surface area contributed by atoms with Crippen molar-refractivity contribution in [1.82, 2.24) is 4.98 Å². The van der Waals surface area contributed by atoms with Crippen LogP contribution in [0.15, 0.2) is 42.5 Å². The zero-order valence-corrected chi connectivity index (χ0v) is 11.7. The number of hydrogen-bond acceptors (Lipinski definition) is 3. The van der Waals surface area contributed by atoms with Gasteiger partial charge in [0.05, 0.1) is 11.0 Å². The van der Waals surface area contributed by atoms with Gasteiger partial charge in [0.15, 0.2) is 0 Å². The maximum atomic E-state index is 11.1. The monoisotopic (exact) mass is 287 g/mol. The predicted molar refractivity (Wildman–Crippen MR) is 85.2 cm³/mol. The molecular weight excluding hydrogens is 274 g/mol. The summed E-state index contributed by atoms with van der Waals surface area (Å²) >= 11 is 0. The summed E-state index contributed by atoms with van der Waals surface area (Å²) in [6.07, 6.45) is 0. The molecule has 0 aliphatic heterocycles. The minimum Gasteiger partial charge on any atom is -0.399 e. The first-order chi connectivity index (χ1) is 9.11. The highest BCUT2D eigenvalue weighted by Gasteiger charge is 2.02. The van der Waals surface area contributed by atoms with Gasteiger partial charge in [0.1, 0.15) is 0 Å². The van der Waals surface area contributed by atoms with Crippen molar-refractivity contribution < 1.29 is 4.79 Å². The number of nitrogen functional groups attached to an aromatic ring is 1. The number of aromatic nitrogens is 1. The van der Waals surface area contributed by atoms with Gasteiger partial charge in [-0.25, -0.2) is 4.98 Å². The van der Waals surface area contributed by atoms with Crippen LogP contribution in [0.5, 0.6) is 0 Å². The lowest BCUT2D eigenvalue weighted by atomic mass is 10.1. The van der Waals surface area contributed by atoms with E-state index >= 15 is 0 Å². The van der Waals surface area contributed by atoms with E-state index in [1.54, 1.807) is 0 Å². The minimum absolute atomic E-state index is 0. The topological polar surface area (TPSA) is 68.0 Å². The predicted octanol–water partition coefficient (Wildman–Crippen LogP) is 3.35. The number of nitrogens with zero attached hydrogens (tertiary/aromatic N) is 1. The summed E-state index contributed by atoms with van der Waals surface area (Å²) in [6.45, 7) is 1.49. The first-order valence-electron chi connectivity index (χ1n) is 5.99. The van der Waals surface area contributed by atoms with Crippen molar-refractivity contribution in [3.8, 4) is 0 Å². The molecule has 0 radical (unpaired) electrons. The Hall–Kier alpha value is -2.33. The van der Waals surface area contributed by atoms with E-state index in [-0.39, 0.29) is 18.3 Å². The highest BCUT2D eigenvalue weighted by atomic mass is 35.5. The minimum atomic E-state index is -0.0899. The molecule has 1 amide bonds. The molecular formula is C15H14ClN3O. The number of pyridine rings is 1. The van der Waals surface area contributed by atoms with Crippen LogP contribution in [0.2, 0.25) is 0 Å². The molecule has 0 aliphatic rings. The van der Waals surface area contributed by atoms with Gasteiger partial charge in [-0.3, -0.25) is 4.79 Å². The first kappa shape index (κ1) is 14.1. The SMILES string of the molecule is CC(=O)Nc1ccc2cc3cc(N)ccc3nc2c1.Cl. The summed E-state index contributed by atoms with van der Waals surface area (Å²) in [6, 6.07) is 13.4. The lowest BCUT2D eigenvalue weighted by Gasteiger charge is -2.06. The molecule has 3 aromatic rings. The Morgan fingerprint density at radius 3 is 2.60 bits per heavy atom. The lowest BCUT2D eigenvalue weighted by Crippen LogP contribution is -2.05. The highest BCUT2D eigenvalue weighted by Crippen LogP contribution is 2.23. The molecule has 5 heteroatoms. The highest BCUT2D eigenvalue weighted by molar-refractivity contribution is 5.97. The molecule has 0 aliphatic carbocycles. The number of fused-ring (bicyclic) bond motifs is 2. The average molecular weight is 288 g/mol. The van der Waals surface area contributed by atoms with Crippen molar-refractivity contribution >= 4 is 51.5 Å². The number of carbonyl (C=O) groups excluding carboxylic acids is 1. The number of hydrogen-bond donors (Lipinski definition) is 2. The van der Waals surface area contributed by atoms with E-state index in [0.29, 0.717) is 0 Å². The van der Waals surface area contributed by atoms with E-state index in [2.05, 4.69) is 10.3 Å². The van der Waals surface area contributed by atoms with Gasteiger partial charge in [0, 0.05) is 29.1 Å². The summed E-state index contributed by atoms with van der Waals surface area (Å²) in [5.74, 6) is -0.0899. The number of nitrogens with two attached hydrogens (primary N) is 1. The van der Waals surface area contributed by atoms with Crippen molar-refractivity contribution in [2.45, 2.75) is 6.92 Å². The maximum Gasteiger partial charge on any atom is 0.221 e. The third-order valence-electron chi connectivity index (χ3n) is 2.95. The van der Waals surface area contributed by atoms with Crippen molar-refractivity contribution in [1.29, 1.82) is 0 Å². The summed E-state index contributed by atoms with van der Waals surface area (Å²) in [5, 5.41) is 4.79. The van der Waals surface area contributed by atoms with Gasteiger partial charge in [-0.15, -0.1) is 12.4 Å². The van der Waals surface area contributed by atoms with E-state index in [9.17, 15) is 4.79 Å². The molecule has 0 bridgehead atoms. The Morgan fingerprint density at radius 1 is 1.05 bits per heavy atom. The number of benzene rings is 2. The van der Waals surface area contributed by atoms with E-state index in [4.69, 9.17) is 5.73 Å². The summed E-state index contributed by atoms with van der Waals surface area (Å²) < 4.78 is 0. The first-order valence-corrected chi connectivity index (χ1v) is 5.99. The van der Waals surface area contributed by atoms with Gasteiger partial charge in [0.25, 0.3) is 0 Å². The van der Waals surface area contributed by atoms with Crippen LogP contribution in [0, 0.1) is 0 Å².